The third-order valence-corrected chi connectivity index (χ3v) is 3.72. The van der Waals surface area contributed by atoms with E-state index in [4.69, 9.17) is 4.74 Å². The zero-order valence-corrected chi connectivity index (χ0v) is 14.7. The van der Waals surface area contributed by atoms with Crippen LogP contribution in [0, 0.1) is 0 Å². The number of carbonyl (C=O) groups is 1. The number of ether oxygens (including phenoxy) is 1. The highest BCUT2D eigenvalue weighted by Gasteiger charge is 2.10. The van der Waals surface area contributed by atoms with Gasteiger partial charge in [-0.05, 0) is 54.6 Å². The Bertz CT molecular complexity index is 825. The average molecular weight is 355 g/mol. The molecular formula is C17H21N7O2. The Balaban J connectivity index is 1.49. The molecule has 9 nitrogen and oxygen atoms in total. The summed E-state index contributed by atoms with van der Waals surface area (Å²) in [5, 5.41) is 18.5. The van der Waals surface area contributed by atoms with Crippen molar-refractivity contribution in [3.63, 3.8) is 0 Å². The van der Waals surface area contributed by atoms with E-state index in [1.165, 1.54) is 0 Å². The normalized spacial score (nSPS) is 10.9. The molecule has 0 radical (unpaired) electrons. The maximum absolute atomic E-state index is 12.1. The molecule has 136 valence electrons. The molecule has 0 saturated heterocycles. The summed E-state index contributed by atoms with van der Waals surface area (Å²) in [6.45, 7) is 5.40. The van der Waals surface area contributed by atoms with Crippen LogP contribution in [-0.4, -0.2) is 42.4 Å². The lowest BCUT2D eigenvalue weighted by Gasteiger charge is -2.10. The van der Waals surface area contributed by atoms with E-state index in [9.17, 15) is 4.79 Å². The second-order valence-corrected chi connectivity index (χ2v) is 5.97. The van der Waals surface area contributed by atoms with E-state index in [1.54, 1.807) is 39.8 Å². The topological polar surface area (TPSA) is 99.8 Å². The summed E-state index contributed by atoms with van der Waals surface area (Å²) >= 11 is 0. The molecule has 9 heteroatoms. The van der Waals surface area contributed by atoms with Gasteiger partial charge in [0, 0.05) is 24.5 Å². The molecule has 2 aromatic heterocycles. The Labute approximate surface area is 151 Å². The summed E-state index contributed by atoms with van der Waals surface area (Å²) in [5.74, 6) is 1.17. The minimum atomic E-state index is -0.132. The maximum atomic E-state index is 12.1. The number of nitrogens with one attached hydrogen (secondary N) is 1. The van der Waals surface area contributed by atoms with Crippen molar-refractivity contribution in [3.8, 4) is 5.75 Å². The highest BCUT2D eigenvalue weighted by molar-refractivity contribution is 5.94. The molecular weight excluding hydrogens is 334 g/mol. The van der Waals surface area contributed by atoms with Crippen molar-refractivity contribution >= 4 is 5.91 Å². The Morgan fingerprint density at radius 1 is 1.27 bits per heavy atom. The molecule has 0 atom stereocenters. The molecule has 0 saturated carbocycles. The van der Waals surface area contributed by atoms with Gasteiger partial charge in [-0.3, -0.25) is 9.48 Å². The van der Waals surface area contributed by atoms with Gasteiger partial charge >= 0.3 is 0 Å². The molecule has 3 aromatic rings. The summed E-state index contributed by atoms with van der Waals surface area (Å²) < 4.78 is 9.18. The van der Waals surface area contributed by atoms with Crippen LogP contribution in [0.4, 0.5) is 0 Å². The Morgan fingerprint density at radius 3 is 2.77 bits per heavy atom. The summed E-state index contributed by atoms with van der Waals surface area (Å²) in [5.41, 5.74) is 0.574. The first-order valence-electron chi connectivity index (χ1n) is 8.38. The molecule has 1 amide bonds. The highest BCUT2D eigenvalue weighted by Crippen LogP contribution is 2.14. The second kappa shape index (κ2) is 8.24. The lowest BCUT2D eigenvalue weighted by atomic mass is 10.2. The lowest BCUT2D eigenvalue weighted by Crippen LogP contribution is -2.27. The van der Waals surface area contributed by atoms with Gasteiger partial charge in [0.25, 0.3) is 5.91 Å². The van der Waals surface area contributed by atoms with Crippen LogP contribution in [0.1, 0.15) is 36.1 Å². The van der Waals surface area contributed by atoms with E-state index in [2.05, 4.69) is 25.9 Å². The first-order chi connectivity index (χ1) is 12.6. The smallest absolute Gasteiger partial charge is 0.251 e. The first-order valence-corrected chi connectivity index (χ1v) is 8.38. The maximum Gasteiger partial charge on any atom is 0.251 e. The van der Waals surface area contributed by atoms with E-state index in [-0.39, 0.29) is 18.6 Å². The number of hydrogen-bond acceptors (Lipinski definition) is 6. The van der Waals surface area contributed by atoms with Gasteiger partial charge in [-0.1, -0.05) is 0 Å². The van der Waals surface area contributed by atoms with Crippen molar-refractivity contribution < 1.29 is 9.53 Å². The molecule has 2 heterocycles. The molecule has 0 fully saturated rings. The van der Waals surface area contributed by atoms with Gasteiger partial charge < -0.3 is 10.1 Å². The zero-order valence-electron chi connectivity index (χ0n) is 14.7. The van der Waals surface area contributed by atoms with E-state index in [1.807, 2.05) is 26.1 Å². The SMILES string of the molecule is CC(C)n1nnnc1COc1ccc(C(=O)NCCn2cccn2)cc1. The Morgan fingerprint density at radius 2 is 2.08 bits per heavy atom. The van der Waals surface area contributed by atoms with Gasteiger partial charge in [-0.2, -0.15) is 5.10 Å². The summed E-state index contributed by atoms with van der Waals surface area (Å²) in [6, 6.07) is 8.97. The Hall–Kier alpha value is -3.23. The van der Waals surface area contributed by atoms with E-state index >= 15 is 0 Å². The zero-order chi connectivity index (χ0) is 18.4. The standard InChI is InChI=1S/C17H21N7O2/c1-13(2)24-16(20-21-22-24)12-26-15-6-4-14(5-7-15)17(25)18-9-11-23-10-3-8-19-23/h3-8,10,13H,9,11-12H2,1-2H3,(H,18,25). The molecule has 0 spiro atoms. The minimum absolute atomic E-state index is 0.132. The quantitative estimate of drug-likeness (QED) is 0.657. The van der Waals surface area contributed by atoms with Crippen molar-refractivity contribution in [2.45, 2.75) is 33.0 Å². The van der Waals surface area contributed by atoms with Gasteiger partial charge in [0.15, 0.2) is 5.82 Å². The minimum Gasteiger partial charge on any atom is -0.486 e. The lowest BCUT2D eigenvalue weighted by molar-refractivity contribution is 0.0952. The number of benzene rings is 1. The van der Waals surface area contributed by atoms with Crippen molar-refractivity contribution in [1.29, 1.82) is 0 Å². The van der Waals surface area contributed by atoms with E-state index < -0.39 is 0 Å². The number of rotatable bonds is 8. The number of nitrogens with zero attached hydrogens (tertiary/aromatic N) is 6. The summed E-state index contributed by atoms with van der Waals surface area (Å²) in [4.78, 5) is 12.1. The van der Waals surface area contributed by atoms with Crippen LogP contribution < -0.4 is 10.1 Å². The van der Waals surface area contributed by atoms with E-state index in [0.29, 0.717) is 30.2 Å². The van der Waals surface area contributed by atoms with Crippen LogP contribution in [0.2, 0.25) is 0 Å². The molecule has 0 aliphatic heterocycles. The molecule has 0 aliphatic carbocycles. The fourth-order valence-electron chi connectivity index (χ4n) is 2.38. The third-order valence-electron chi connectivity index (χ3n) is 3.72. The van der Waals surface area contributed by atoms with Crippen LogP contribution in [0.3, 0.4) is 0 Å². The molecule has 0 bridgehead atoms. The van der Waals surface area contributed by atoms with Crippen molar-refractivity contribution in [3.05, 3.63) is 54.1 Å². The number of tetrazole rings is 1. The number of carbonyl (C=O) groups excluding carboxylic acids is 1. The van der Waals surface area contributed by atoms with Gasteiger partial charge in [0.1, 0.15) is 12.4 Å². The third kappa shape index (κ3) is 4.44. The monoisotopic (exact) mass is 355 g/mol. The summed E-state index contributed by atoms with van der Waals surface area (Å²) in [7, 11) is 0. The molecule has 3 rings (SSSR count). The van der Waals surface area contributed by atoms with Crippen molar-refractivity contribution in [2.24, 2.45) is 0 Å². The van der Waals surface area contributed by atoms with Gasteiger partial charge in [-0.25, -0.2) is 4.68 Å². The van der Waals surface area contributed by atoms with Crippen molar-refractivity contribution in [1.82, 2.24) is 35.3 Å². The molecule has 1 N–H and O–H groups in total. The van der Waals surface area contributed by atoms with Crippen LogP contribution >= 0.6 is 0 Å². The average Bonchev–Trinajstić information content (AvgIpc) is 3.32. The fourth-order valence-corrected chi connectivity index (χ4v) is 2.38. The second-order valence-electron chi connectivity index (χ2n) is 5.97. The highest BCUT2D eigenvalue weighted by atomic mass is 16.5. The van der Waals surface area contributed by atoms with Crippen molar-refractivity contribution in [2.75, 3.05) is 6.54 Å². The summed E-state index contributed by atoms with van der Waals surface area (Å²) in [6.07, 6.45) is 3.56. The molecule has 0 aliphatic rings. The van der Waals surface area contributed by atoms with E-state index in [0.717, 1.165) is 0 Å². The molecule has 26 heavy (non-hydrogen) atoms. The van der Waals surface area contributed by atoms with Crippen LogP contribution in [0.15, 0.2) is 42.7 Å². The van der Waals surface area contributed by atoms with Gasteiger partial charge in [0.05, 0.1) is 12.6 Å². The van der Waals surface area contributed by atoms with Gasteiger partial charge in [0.2, 0.25) is 0 Å². The largest absolute Gasteiger partial charge is 0.486 e. The fraction of sp³-hybridized carbons (Fsp3) is 0.353. The molecule has 1 aromatic carbocycles. The Kier molecular flexibility index (Phi) is 5.57. The number of aromatic nitrogens is 6. The van der Waals surface area contributed by atoms with Crippen LogP contribution in [-0.2, 0) is 13.2 Å². The molecule has 0 unspecified atom stereocenters. The van der Waals surface area contributed by atoms with Crippen LogP contribution in [0.25, 0.3) is 0 Å². The van der Waals surface area contributed by atoms with Crippen LogP contribution in [0.5, 0.6) is 5.75 Å². The van der Waals surface area contributed by atoms with Gasteiger partial charge in [-0.15, -0.1) is 5.10 Å². The number of hydrogen-bond donors (Lipinski definition) is 1. The first kappa shape index (κ1) is 17.6. The number of amides is 1. The predicted octanol–water partition coefficient (Wildman–Crippen LogP) is 1.46. The predicted molar refractivity (Wildman–Crippen MR) is 93.5 cm³/mol.